The second-order valence-electron chi connectivity index (χ2n) is 4.86. The Morgan fingerprint density at radius 3 is 2.52 bits per heavy atom. The maximum atomic E-state index is 11.9. The average molecular weight is 317 g/mol. The van der Waals surface area contributed by atoms with Crippen LogP contribution in [-0.2, 0) is 6.54 Å². The number of nitrogens with zero attached hydrogens (tertiary/aromatic N) is 3. The van der Waals surface area contributed by atoms with Crippen LogP contribution in [0.5, 0.6) is 11.5 Å². The molecule has 0 aliphatic carbocycles. The van der Waals surface area contributed by atoms with Crippen LogP contribution < -0.4 is 15.2 Å². The van der Waals surface area contributed by atoms with Crippen LogP contribution in [0.2, 0.25) is 0 Å². The molecule has 0 atom stereocenters. The zero-order valence-corrected chi connectivity index (χ0v) is 12.9. The van der Waals surface area contributed by atoms with Gasteiger partial charge in [0.2, 0.25) is 0 Å². The number of aromatic nitrogens is 3. The van der Waals surface area contributed by atoms with Crippen molar-refractivity contribution in [2.24, 2.45) is 0 Å². The van der Waals surface area contributed by atoms with Crippen LogP contribution in [0.25, 0.3) is 11.4 Å². The van der Waals surface area contributed by atoms with E-state index in [0.717, 1.165) is 0 Å². The highest BCUT2D eigenvalue weighted by molar-refractivity contribution is 5.61. The molecule has 0 aliphatic rings. The molecule has 3 aromatic rings. The molecule has 23 heavy (non-hydrogen) atoms. The van der Waals surface area contributed by atoms with Crippen molar-refractivity contribution in [2.45, 2.75) is 13.5 Å². The highest BCUT2D eigenvalue weighted by Gasteiger charge is 2.16. The molecule has 0 radical (unpaired) electrons. The highest BCUT2D eigenvalue weighted by Crippen LogP contribution is 2.31. The molecular weight excluding hydrogens is 302 g/mol. The molecule has 3 rings (SSSR count). The lowest BCUT2D eigenvalue weighted by Gasteiger charge is -2.09. The third-order valence-corrected chi connectivity index (χ3v) is 3.32. The van der Waals surface area contributed by atoms with Gasteiger partial charge < -0.3 is 14.0 Å². The summed E-state index contributed by atoms with van der Waals surface area (Å²) < 4.78 is 21.6. The SMILES string of the molecule is COc1ccc(-c2noc(=O)n2Cc2cc(C)on2)cc1OC. The fraction of sp³-hybridized carbons (Fsp3) is 0.267. The molecule has 0 saturated heterocycles. The van der Waals surface area contributed by atoms with E-state index >= 15 is 0 Å². The van der Waals surface area contributed by atoms with Crippen LogP contribution in [0.15, 0.2) is 38.1 Å². The largest absolute Gasteiger partial charge is 0.493 e. The summed E-state index contributed by atoms with van der Waals surface area (Å²) in [5.74, 6) is 1.58. The van der Waals surface area contributed by atoms with Crippen molar-refractivity contribution >= 4 is 0 Å². The quantitative estimate of drug-likeness (QED) is 0.709. The minimum atomic E-state index is -0.574. The van der Waals surface area contributed by atoms with E-state index in [9.17, 15) is 4.79 Å². The Hall–Kier alpha value is -3.03. The summed E-state index contributed by atoms with van der Waals surface area (Å²) in [7, 11) is 3.09. The molecule has 0 aliphatic heterocycles. The molecule has 8 nitrogen and oxygen atoms in total. The Balaban J connectivity index is 2.02. The van der Waals surface area contributed by atoms with Crippen LogP contribution in [0.3, 0.4) is 0 Å². The first kappa shape index (κ1) is 14.9. The number of benzene rings is 1. The van der Waals surface area contributed by atoms with Gasteiger partial charge in [-0.1, -0.05) is 10.3 Å². The maximum Gasteiger partial charge on any atom is 0.442 e. The molecule has 0 amide bonds. The van der Waals surface area contributed by atoms with E-state index in [-0.39, 0.29) is 6.54 Å². The van der Waals surface area contributed by atoms with Crippen molar-refractivity contribution < 1.29 is 18.5 Å². The van der Waals surface area contributed by atoms with E-state index in [1.165, 1.54) is 11.7 Å². The molecule has 120 valence electrons. The Morgan fingerprint density at radius 1 is 1.09 bits per heavy atom. The second kappa shape index (κ2) is 5.99. The normalized spacial score (nSPS) is 10.7. The summed E-state index contributed by atoms with van der Waals surface area (Å²) >= 11 is 0. The summed E-state index contributed by atoms with van der Waals surface area (Å²) in [6, 6.07) is 6.97. The lowest BCUT2D eigenvalue weighted by atomic mass is 10.2. The Morgan fingerprint density at radius 2 is 1.87 bits per heavy atom. The molecule has 0 unspecified atom stereocenters. The molecule has 0 N–H and O–H groups in total. The molecule has 0 spiro atoms. The molecular formula is C15H15N3O5. The number of aryl methyl sites for hydroxylation is 1. The number of hydrogen-bond acceptors (Lipinski definition) is 7. The van der Waals surface area contributed by atoms with Crippen molar-refractivity contribution in [1.29, 1.82) is 0 Å². The smallest absolute Gasteiger partial charge is 0.442 e. The van der Waals surface area contributed by atoms with E-state index in [1.54, 1.807) is 38.3 Å². The lowest BCUT2D eigenvalue weighted by Crippen LogP contribution is -2.16. The zero-order valence-electron chi connectivity index (χ0n) is 12.9. The van der Waals surface area contributed by atoms with Gasteiger partial charge in [-0.05, 0) is 25.1 Å². The van der Waals surface area contributed by atoms with Crippen molar-refractivity contribution in [3.8, 4) is 22.9 Å². The third kappa shape index (κ3) is 2.83. The standard InChI is InChI=1S/C15H15N3O5/c1-9-6-11(16-22-9)8-18-14(17-23-15(18)19)10-4-5-12(20-2)13(7-10)21-3/h4-7H,8H2,1-3H3. The van der Waals surface area contributed by atoms with Crippen LogP contribution in [0.4, 0.5) is 0 Å². The van der Waals surface area contributed by atoms with Gasteiger partial charge in [0, 0.05) is 11.6 Å². The molecule has 8 heteroatoms. The fourth-order valence-corrected chi connectivity index (χ4v) is 2.25. The van der Waals surface area contributed by atoms with E-state index in [2.05, 4.69) is 10.3 Å². The van der Waals surface area contributed by atoms with Gasteiger partial charge in [0.25, 0.3) is 0 Å². The third-order valence-electron chi connectivity index (χ3n) is 3.32. The van der Waals surface area contributed by atoms with E-state index in [4.69, 9.17) is 18.5 Å². The molecule has 2 heterocycles. The summed E-state index contributed by atoms with van der Waals surface area (Å²) in [4.78, 5) is 11.9. The number of ether oxygens (including phenoxy) is 2. The van der Waals surface area contributed by atoms with Gasteiger partial charge in [-0.15, -0.1) is 0 Å². The average Bonchev–Trinajstić information content (AvgIpc) is 3.13. The van der Waals surface area contributed by atoms with Gasteiger partial charge in [0.15, 0.2) is 17.3 Å². The number of methoxy groups -OCH3 is 2. The van der Waals surface area contributed by atoms with Gasteiger partial charge in [0.05, 0.1) is 20.8 Å². The molecule has 0 fully saturated rings. The van der Waals surface area contributed by atoms with E-state index < -0.39 is 5.76 Å². The van der Waals surface area contributed by atoms with Gasteiger partial charge in [0.1, 0.15) is 11.5 Å². The minimum absolute atomic E-state index is 0.198. The fourth-order valence-electron chi connectivity index (χ4n) is 2.25. The Labute approximate surface area is 131 Å². The van der Waals surface area contributed by atoms with Crippen LogP contribution in [0.1, 0.15) is 11.5 Å². The zero-order chi connectivity index (χ0) is 16.4. The van der Waals surface area contributed by atoms with Gasteiger partial charge in [-0.3, -0.25) is 9.09 Å². The van der Waals surface area contributed by atoms with Crippen LogP contribution >= 0.6 is 0 Å². The predicted octanol–water partition coefficient (Wildman–Crippen LogP) is 1.87. The van der Waals surface area contributed by atoms with Gasteiger partial charge in [-0.25, -0.2) is 4.79 Å². The summed E-state index contributed by atoms with van der Waals surface area (Å²) in [5.41, 5.74) is 1.27. The maximum absolute atomic E-state index is 11.9. The number of rotatable bonds is 5. The topological polar surface area (TPSA) is 92.5 Å². The monoisotopic (exact) mass is 317 g/mol. The number of hydrogen-bond donors (Lipinski definition) is 0. The minimum Gasteiger partial charge on any atom is -0.493 e. The molecule has 0 bridgehead atoms. The van der Waals surface area contributed by atoms with Gasteiger partial charge >= 0.3 is 5.76 Å². The Kier molecular flexibility index (Phi) is 3.88. The molecule has 2 aromatic heterocycles. The first-order valence-electron chi connectivity index (χ1n) is 6.83. The van der Waals surface area contributed by atoms with Crippen LogP contribution in [0, 0.1) is 6.92 Å². The van der Waals surface area contributed by atoms with Crippen molar-refractivity contribution in [1.82, 2.24) is 14.9 Å². The molecule has 1 aromatic carbocycles. The van der Waals surface area contributed by atoms with Gasteiger partial charge in [-0.2, -0.15) is 0 Å². The highest BCUT2D eigenvalue weighted by atomic mass is 16.5. The summed E-state index contributed by atoms with van der Waals surface area (Å²) in [5, 5.41) is 7.72. The predicted molar refractivity (Wildman–Crippen MR) is 79.6 cm³/mol. The Bertz CT molecular complexity index is 877. The van der Waals surface area contributed by atoms with E-state index in [1.807, 2.05) is 0 Å². The van der Waals surface area contributed by atoms with Crippen molar-refractivity contribution in [3.63, 3.8) is 0 Å². The van der Waals surface area contributed by atoms with Crippen molar-refractivity contribution in [3.05, 3.63) is 46.3 Å². The molecule has 0 saturated carbocycles. The lowest BCUT2D eigenvalue weighted by molar-refractivity contribution is 0.355. The second-order valence-corrected chi connectivity index (χ2v) is 4.86. The summed E-state index contributed by atoms with van der Waals surface area (Å²) in [6.45, 7) is 1.98. The first-order valence-corrected chi connectivity index (χ1v) is 6.83. The van der Waals surface area contributed by atoms with E-state index in [0.29, 0.717) is 34.3 Å². The van der Waals surface area contributed by atoms with Crippen LogP contribution in [-0.4, -0.2) is 29.1 Å². The first-order chi connectivity index (χ1) is 11.1. The summed E-state index contributed by atoms with van der Waals surface area (Å²) in [6.07, 6.45) is 0. The van der Waals surface area contributed by atoms with Crippen molar-refractivity contribution in [2.75, 3.05) is 14.2 Å².